The smallest absolute Gasteiger partial charge is 0.212 e. The SMILES string of the molecule is Cc1nc(N2CCC3(CC2)CO[C@@H](C)[C@H]3N)n2cnnc2c1Br. The highest BCUT2D eigenvalue weighted by molar-refractivity contribution is 9.10. The van der Waals surface area contributed by atoms with Crippen molar-refractivity contribution in [3.05, 3.63) is 16.5 Å². The van der Waals surface area contributed by atoms with Crippen molar-refractivity contribution >= 4 is 27.5 Å². The molecule has 2 aliphatic rings. The minimum absolute atomic E-state index is 0.118. The summed E-state index contributed by atoms with van der Waals surface area (Å²) in [5, 5.41) is 8.21. The Kier molecular flexibility index (Phi) is 3.58. The largest absolute Gasteiger partial charge is 0.376 e. The number of fused-ring (bicyclic) bond motifs is 1. The van der Waals surface area contributed by atoms with Gasteiger partial charge in [0.25, 0.3) is 0 Å². The number of hydrogen-bond acceptors (Lipinski definition) is 6. The van der Waals surface area contributed by atoms with Crippen LogP contribution in [0.3, 0.4) is 0 Å². The predicted molar refractivity (Wildman–Crippen MR) is 90.5 cm³/mol. The number of nitrogens with two attached hydrogens (primary N) is 1. The number of nitrogens with zero attached hydrogens (tertiary/aromatic N) is 5. The Labute approximate surface area is 143 Å². The molecular formula is C15H21BrN6O. The van der Waals surface area contributed by atoms with Gasteiger partial charge in [0.1, 0.15) is 6.33 Å². The van der Waals surface area contributed by atoms with Crippen molar-refractivity contribution in [1.82, 2.24) is 19.6 Å². The third kappa shape index (κ3) is 2.27. The molecule has 2 fully saturated rings. The van der Waals surface area contributed by atoms with E-state index >= 15 is 0 Å². The van der Waals surface area contributed by atoms with Crippen LogP contribution in [0.1, 0.15) is 25.5 Å². The number of halogens is 1. The summed E-state index contributed by atoms with van der Waals surface area (Å²) >= 11 is 3.54. The van der Waals surface area contributed by atoms with Gasteiger partial charge in [-0.15, -0.1) is 10.2 Å². The second-order valence-electron chi connectivity index (χ2n) is 6.73. The van der Waals surface area contributed by atoms with Gasteiger partial charge in [0.05, 0.1) is 22.9 Å². The van der Waals surface area contributed by atoms with Crippen LogP contribution in [0, 0.1) is 12.3 Å². The summed E-state index contributed by atoms with van der Waals surface area (Å²) in [4.78, 5) is 7.05. The van der Waals surface area contributed by atoms with Crippen LogP contribution in [0.5, 0.6) is 0 Å². The number of piperidine rings is 1. The van der Waals surface area contributed by atoms with Gasteiger partial charge in [0, 0.05) is 24.5 Å². The van der Waals surface area contributed by atoms with E-state index in [1.807, 2.05) is 11.3 Å². The molecule has 124 valence electrons. The van der Waals surface area contributed by atoms with Gasteiger partial charge in [-0.1, -0.05) is 0 Å². The lowest BCUT2D eigenvalue weighted by Gasteiger charge is -2.41. The highest BCUT2D eigenvalue weighted by Crippen LogP contribution is 2.41. The van der Waals surface area contributed by atoms with Crippen LogP contribution >= 0.6 is 15.9 Å². The lowest BCUT2D eigenvalue weighted by atomic mass is 9.73. The van der Waals surface area contributed by atoms with Crippen LogP contribution < -0.4 is 10.6 Å². The van der Waals surface area contributed by atoms with Crippen LogP contribution in [0.4, 0.5) is 5.95 Å². The van der Waals surface area contributed by atoms with Gasteiger partial charge in [-0.05, 0) is 42.6 Å². The third-order valence-corrected chi connectivity index (χ3v) is 6.36. The summed E-state index contributed by atoms with van der Waals surface area (Å²) in [6, 6.07) is 0.124. The summed E-state index contributed by atoms with van der Waals surface area (Å²) in [5.41, 5.74) is 8.25. The lowest BCUT2D eigenvalue weighted by molar-refractivity contribution is 0.0973. The van der Waals surface area contributed by atoms with Crippen molar-refractivity contribution in [3.8, 4) is 0 Å². The molecule has 2 atom stereocenters. The average molecular weight is 381 g/mol. The summed E-state index contributed by atoms with van der Waals surface area (Å²) in [6.07, 6.45) is 3.93. The molecule has 2 saturated heterocycles. The Bertz CT molecular complexity index is 739. The van der Waals surface area contributed by atoms with E-state index in [2.05, 4.69) is 38.0 Å². The molecular weight excluding hydrogens is 360 g/mol. The Morgan fingerprint density at radius 2 is 2.13 bits per heavy atom. The second-order valence-corrected chi connectivity index (χ2v) is 7.52. The monoisotopic (exact) mass is 380 g/mol. The van der Waals surface area contributed by atoms with Crippen molar-refractivity contribution in [2.75, 3.05) is 24.6 Å². The van der Waals surface area contributed by atoms with Crippen LogP contribution in [-0.4, -0.2) is 51.4 Å². The zero-order valence-corrected chi connectivity index (χ0v) is 15.0. The molecule has 7 nitrogen and oxygen atoms in total. The van der Waals surface area contributed by atoms with Gasteiger partial charge < -0.3 is 15.4 Å². The maximum atomic E-state index is 6.40. The molecule has 0 radical (unpaired) electrons. The number of hydrogen-bond donors (Lipinski definition) is 1. The van der Waals surface area contributed by atoms with Crippen LogP contribution in [-0.2, 0) is 4.74 Å². The molecule has 1 spiro atoms. The maximum absolute atomic E-state index is 6.40. The molecule has 0 amide bonds. The number of aromatic nitrogens is 4. The zero-order valence-electron chi connectivity index (χ0n) is 13.4. The number of aryl methyl sites for hydroxylation is 1. The van der Waals surface area contributed by atoms with Crippen molar-refractivity contribution in [2.24, 2.45) is 11.1 Å². The fraction of sp³-hybridized carbons (Fsp3) is 0.667. The lowest BCUT2D eigenvalue weighted by Crippen LogP contribution is -2.51. The number of ether oxygens (including phenoxy) is 1. The molecule has 0 saturated carbocycles. The Morgan fingerprint density at radius 3 is 2.78 bits per heavy atom. The first-order valence-corrected chi connectivity index (χ1v) is 8.79. The number of rotatable bonds is 1. The maximum Gasteiger partial charge on any atom is 0.212 e. The van der Waals surface area contributed by atoms with E-state index < -0.39 is 0 Å². The van der Waals surface area contributed by atoms with Gasteiger partial charge >= 0.3 is 0 Å². The van der Waals surface area contributed by atoms with E-state index in [0.717, 1.165) is 54.3 Å². The van der Waals surface area contributed by atoms with Crippen LogP contribution in [0.2, 0.25) is 0 Å². The fourth-order valence-electron chi connectivity index (χ4n) is 3.79. The zero-order chi connectivity index (χ0) is 16.2. The van der Waals surface area contributed by atoms with E-state index in [0.29, 0.717) is 0 Å². The van der Waals surface area contributed by atoms with E-state index in [4.69, 9.17) is 15.5 Å². The van der Waals surface area contributed by atoms with E-state index in [1.54, 1.807) is 6.33 Å². The first kappa shape index (κ1) is 15.3. The Hall–Kier alpha value is -1.25. The summed E-state index contributed by atoms with van der Waals surface area (Å²) in [6.45, 7) is 6.68. The summed E-state index contributed by atoms with van der Waals surface area (Å²) in [5.74, 6) is 0.904. The van der Waals surface area contributed by atoms with Gasteiger partial charge in [-0.2, -0.15) is 0 Å². The van der Waals surface area contributed by atoms with Crippen molar-refractivity contribution in [2.45, 2.75) is 38.8 Å². The molecule has 0 bridgehead atoms. The minimum atomic E-state index is 0.118. The third-order valence-electron chi connectivity index (χ3n) is 5.43. The molecule has 23 heavy (non-hydrogen) atoms. The van der Waals surface area contributed by atoms with E-state index in [-0.39, 0.29) is 17.6 Å². The highest BCUT2D eigenvalue weighted by Gasteiger charge is 2.47. The van der Waals surface area contributed by atoms with Gasteiger partial charge in [0.2, 0.25) is 5.95 Å². The molecule has 8 heteroatoms. The first-order valence-electron chi connectivity index (χ1n) is 8.00. The molecule has 4 heterocycles. The molecule has 0 aliphatic carbocycles. The quantitative estimate of drug-likeness (QED) is 0.807. The molecule has 0 unspecified atom stereocenters. The Morgan fingerprint density at radius 1 is 1.39 bits per heavy atom. The van der Waals surface area contributed by atoms with Crippen molar-refractivity contribution in [3.63, 3.8) is 0 Å². The highest BCUT2D eigenvalue weighted by atomic mass is 79.9. The van der Waals surface area contributed by atoms with Gasteiger partial charge in [-0.25, -0.2) is 9.38 Å². The normalized spacial score (nSPS) is 27.2. The van der Waals surface area contributed by atoms with Gasteiger partial charge in [-0.3, -0.25) is 0 Å². The van der Waals surface area contributed by atoms with E-state index in [1.165, 1.54) is 0 Å². The topological polar surface area (TPSA) is 81.6 Å². The standard InChI is InChI=1S/C15H21BrN6O/c1-9-11(16)13-20-18-8-22(13)14(19-9)21-5-3-15(4-6-21)7-23-10(2)12(15)17/h8,10,12H,3-7,17H2,1-2H3/t10-,12+/m0/s1. The van der Waals surface area contributed by atoms with Crippen LogP contribution in [0.25, 0.3) is 5.65 Å². The molecule has 2 N–H and O–H groups in total. The van der Waals surface area contributed by atoms with Crippen molar-refractivity contribution < 1.29 is 4.74 Å². The average Bonchev–Trinajstić information content (AvgIpc) is 3.14. The van der Waals surface area contributed by atoms with Crippen molar-refractivity contribution in [1.29, 1.82) is 0 Å². The first-order chi connectivity index (χ1) is 11.0. The van der Waals surface area contributed by atoms with E-state index in [9.17, 15) is 0 Å². The molecule has 2 aromatic rings. The summed E-state index contributed by atoms with van der Waals surface area (Å²) in [7, 11) is 0. The predicted octanol–water partition coefficient (Wildman–Crippen LogP) is 1.53. The second kappa shape index (κ2) is 5.39. The number of anilines is 1. The minimum Gasteiger partial charge on any atom is -0.376 e. The Balaban J connectivity index is 1.62. The molecule has 2 aliphatic heterocycles. The van der Waals surface area contributed by atoms with Gasteiger partial charge in [0.15, 0.2) is 5.65 Å². The fourth-order valence-corrected chi connectivity index (χ4v) is 4.15. The molecule has 2 aromatic heterocycles. The molecule has 4 rings (SSSR count). The van der Waals surface area contributed by atoms with Crippen LogP contribution in [0.15, 0.2) is 10.8 Å². The summed E-state index contributed by atoms with van der Waals surface area (Å²) < 4.78 is 8.64. The molecule has 0 aromatic carbocycles.